The summed E-state index contributed by atoms with van der Waals surface area (Å²) in [6.07, 6.45) is 1.29. The minimum Gasteiger partial charge on any atom is -0.480 e. The Morgan fingerprint density at radius 3 is 2.40 bits per heavy atom. The van der Waals surface area contributed by atoms with Gasteiger partial charge in [0.1, 0.15) is 58.5 Å². The molecule has 4 aliphatic rings. The maximum Gasteiger partial charge on any atom is 0.352 e. The molecule has 3 saturated heterocycles. The molecular formula is C30H33N11O8S4. The Bertz CT molecular complexity index is 1960. The number of β-lactam (4-membered cyclic amide) rings is 2. The van der Waals surface area contributed by atoms with Crippen molar-refractivity contribution in [1.82, 2.24) is 50.8 Å². The van der Waals surface area contributed by atoms with Crippen LogP contribution in [-0.4, -0.2) is 131 Å². The highest BCUT2D eigenvalue weighted by Gasteiger charge is 2.64. The van der Waals surface area contributed by atoms with Crippen molar-refractivity contribution in [3.63, 3.8) is 0 Å². The number of carboxylic acid groups (broad SMARTS) is 2. The summed E-state index contributed by atoms with van der Waals surface area (Å²) in [4.78, 5) is 75.3. The molecule has 0 bridgehead atoms. The number of amides is 4. The van der Waals surface area contributed by atoms with Crippen LogP contribution in [0.25, 0.3) is 0 Å². The van der Waals surface area contributed by atoms with Crippen molar-refractivity contribution < 1.29 is 39.0 Å². The first-order valence-corrected chi connectivity index (χ1v) is 19.6. The van der Waals surface area contributed by atoms with E-state index in [4.69, 9.17) is 5.73 Å². The lowest BCUT2D eigenvalue weighted by Crippen LogP contribution is -2.71. The van der Waals surface area contributed by atoms with E-state index in [1.165, 1.54) is 67.4 Å². The van der Waals surface area contributed by atoms with Gasteiger partial charge in [-0.1, -0.05) is 53.4 Å². The van der Waals surface area contributed by atoms with Gasteiger partial charge in [0.15, 0.2) is 4.34 Å². The van der Waals surface area contributed by atoms with Crippen LogP contribution >= 0.6 is 46.6 Å². The molecule has 0 spiro atoms. The molecule has 2 aromatic heterocycles. The second kappa shape index (κ2) is 15.4. The second-order valence-electron chi connectivity index (χ2n) is 12.6. The van der Waals surface area contributed by atoms with E-state index in [0.717, 1.165) is 9.35 Å². The molecule has 4 amide bonds. The van der Waals surface area contributed by atoms with Crippen molar-refractivity contribution in [2.24, 2.45) is 5.73 Å². The molecule has 4 aliphatic heterocycles. The van der Waals surface area contributed by atoms with E-state index in [1.807, 2.05) is 13.0 Å². The minimum absolute atomic E-state index is 0.0153. The largest absolute Gasteiger partial charge is 0.480 e. The molecule has 53 heavy (non-hydrogen) atoms. The monoisotopic (exact) mass is 803 g/mol. The fourth-order valence-corrected chi connectivity index (χ4v) is 11.0. The lowest BCUT2D eigenvalue weighted by molar-refractivity contribution is -0.161. The Labute approximate surface area is 317 Å². The van der Waals surface area contributed by atoms with Crippen LogP contribution in [-0.2, 0) is 35.3 Å². The van der Waals surface area contributed by atoms with Crippen molar-refractivity contribution in [2.75, 3.05) is 11.5 Å². The highest BCUT2D eigenvalue weighted by Crippen LogP contribution is 2.51. The predicted octanol–water partition coefficient (Wildman–Crippen LogP) is -0.318. The first-order valence-electron chi connectivity index (χ1n) is 15.8. The number of aryl methyl sites for hydroxylation is 1. The SMILES string of the molecule is CC1(C)S[C@@H]2[C@H](NC(=O)[C@H](N)c3ccccc3)C(=O)N2[C@H]1C(=O)O.Cc1nnc(SCC2=C(C(=O)O)N3C(=O)[C@@H](NC(=O)Cn4cnnn4)[C@H]3SC2)s1. The number of hydrogen-bond donors (Lipinski definition) is 5. The topological polar surface area (TPSA) is 269 Å². The van der Waals surface area contributed by atoms with Crippen LogP contribution in [0, 0.1) is 6.92 Å². The van der Waals surface area contributed by atoms with Gasteiger partial charge in [0, 0.05) is 16.3 Å². The Hall–Kier alpha value is -4.58. The van der Waals surface area contributed by atoms with E-state index in [9.17, 15) is 39.0 Å². The van der Waals surface area contributed by atoms with Crippen LogP contribution in [0.3, 0.4) is 0 Å². The molecule has 6 heterocycles. The number of nitrogens with two attached hydrogens (primary N) is 1. The summed E-state index contributed by atoms with van der Waals surface area (Å²) >= 11 is 5.63. The maximum absolute atomic E-state index is 12.6. The summed E-state index contributed by atoms with van der Waals surface area (Å²) in [7, 11) is 0. The standard InChI is InChI=1S/C16H19N3O4S.C14H14N8O4S3/c1-16(2)11(15(22)23)19-13(21)10(14(19)24-16)18-12(20)9(17)8-6-4-3-5-7-8;1-6-17-18-14(29-6)28-4-7-3-27-12-9(11(24)22(12)10(7)13(25)26)16-8(23)2-21-5-15-19-20-21/h3-7,9-11,14H,17H2,1-2H3,(H,18,20)(H,22,23);5,9,12H,2-4H2,1H3,(H,16,23)(H,25,26)/t9-,10-,11+,14-;9-,12-/m11/s1. The van der Waals surface area contributed by atoms with Crippen molar-refractivity contribution >= 4 is 82.2 Å². The summed E-state index contributed by atoms with van der Waals surface area (Å²) < 4.78 is 1.36. The van der Waals surface area contributed by atoms with Gasteiger partial charge >= 0.3 is 11.9 Å². The van der Waals surface area contributed by atoms with E-state index >= 15 is 0 Å². The molecule has 6 atom stereocenters. The molecule has 23 heteroatoms. The smallest absolute Gasteiger partial charge is 0.352 e. The average molecular weight is 804 g/mol. The van der Waals surface area contributed by atoms with Gasteiger partial charge in [-0.15, -0.1) is 38.8 Å². The summed E-state index contributed by atoms with van der Waals surface area (Å²) in [6.45, 7) is 5.30. The Balaban J connectivity index is 0.000000185. The molecule has 280 valence electrons. The summed E-state index contributed by atoms with van der Waals surface area (Å²) in [5.41, 5.74) is 7.22. The third kappa shape index (κ3) is 7.74. The number of thioether (sulfide) groups is 3. The van der Waals surface area contributed by atoms with Crippen LogP contribution in [0.1, 0.15) is 30.5 Å². The van der Waals surface area contributed by atoms with Gasteiger partial charge in [-0.25, -0.2) is 14.3 Å². The number of aromatic nitrogens is 6. The first kappa shape index (κ1) is 38.2. The van der Waals surface area contributed by atoms with Crippen LogP contribution in [0.2, 0.25) is 0 Å². The lowest BCUT2D eigenvalue weighted by atomic mass is 9.95. The number of nitrogens with zero attached hydrogens (tertiary/aromatic N) is 8. The summed E-state index contributed by atoms with van der Waals surface area (Å²) in [6, 6.07) is 5.60. The van der Waals surface area contributed by atoms with Crippen LogP contribution in [0.4, 0.5) is 0 Å². The predicted molar refractivity (Wildman–Crippen MR) is 192 cm³/mol. The molecule has 19 nitrogen and oxygen atoms in total. The first-order chi connectivity index (χ1) is 25.2. The number of benzene rings is 1. The maximum atomic E-state index is 12.6. The molecule has 0 radical (unpaired) electrons. The summed E-state index contributed by atoms with van der Waals surface area (Å²) in [5, 5.41) is 42.8. The van der Waals surface area contributed by atoms with Crippen molar-refractivity contribution in [3.05, 3.63) is 58.5 Å². The Morgan fingerprint density at radius 1 is 1.06 bits per heavy atom. The highest BCUT2D eigenvalue weighted by atomic mass is 32.2. The zero-order valence-corrected chi connectivity index (χ0v) is 31.4. The number of rotatable bonds is 11. The van der Waals surface area contributed by atoms with Crippen LogP contribution in [0.15, 0.2) is 52.3 Å². The third-order valence-corrected chi connectivity index (χ3v) is 13.5. The fraction of sp³-hybridized carbons (Fsp3) is 0.433. The van der Waals surface area contributed by atoms with Crippen LogP contribution < -0.4 is 16.4 Å². The van der Waals surface area contributed by atoms with E-state index in [1.54, 1.807) is 38.1 Å². The van der Waals surface area contributed by atoms with Crippen LogP contribution in [0.5, 0.6) is 0 Å². The number of hydrogen-bond acceptors (Lipinski definition) is 16. The van der Waals surface area contributed by atoms with Gasteiger partial charge in [-0.2, -0.15) is 0 Å². The summed E-state index contributed by atoms with van der Waals surface area (Å²) in [5.74, 6) is -3.05. The molecule has 0 aliphatic carbocycles. The number of tetrazole rings is 1. The second-order valence-corrected chi connectivity index (χ2v) is 17.8. The lowest BCUT2D eigenvalue weighted by Gasteiger charge is -2.49. The highest BCUT2D eigenvalue weighted by molar-refractivity contribution is 8.02. The number of carbonyl (C=O) groups is 6. The van der Waals surface area contributed by atoms with Crippen molar-refractivity contribution in [3.8, 4) is 0 Å². The number of carboxylic acids is 2. The minimum atomic E-state index is -1.16. The number of aliphatic carboxylic acids is 2. The van der Waals surface area contributed by atoms with E-state index in [2.05, 4.69) is 36.4 Å². The number of fused-ring (bicyclic) bond motifs is 2. The Kier molecular flexibility index (Phi) is 11.1. The molecule has 0 saturated carbocycles. The van der Waals surface area contributed by atoms with Gasteiger partial charge < -0.3 is 31.5 Å². The zero-order valence-electron chi connectivity index (χ0n) is 28.2. The van der Waals surface area contributed by atoms with Gasteiger partial charge in [0.05, 0.1) is 0 Å². The fourth-order valence-electron chi connectivity index (χ4n) is 6.10. The van der Waals surface area contributed by atoms with Crippen molar-refractivity contribution in [1.29, 1.82) is 0 Å². The molecule has 3 fully saturated rings. The molecule has 7 rings (SSSR count). The number of carbonyl (C=O) groups excluding carboxylic acids is 4. The molecule has 3 aromatic rings. The average Bonchev–Trinajstić information content (AvgIpc) is 3.86. The van der Waals surface area contributed by atoms with Gasteiger partial charge in [0.25, 0.3) is 5.91 Å². The number of nitrogens with one attached hydrogen (secondary N) is 2. The Morgan fingerprint density at radius 2 is 1.77 bits per heavy atom. The van der Waals surface area contributed by atoms with E-state index < -0.39 is 63.9 Å². The van der Waals surface area contributed by atoms with Gasteiger partial charge in [0.2, 0.25) is 17.7 Å². The molecule has 6 N–H and O–H groups in total. The normalized spacial score (nSPS) is 24.5. The van der Waals surface area contributed by atoms with E-state index in [0.29, 0.717) is 22.6 Å². The van der Waals surface area contributed by atoms with E-state index in [-0.39, 0.29) is 23.5 Å². The molecule has 1 aromatic carbocycles. The third-order valence-electron chi connectivity index (χ3n) is 8.55. The van der Waals surface area contributed by atoms with Gasteiger partial charge in [-0.05, 0) is 42.3 Å². The zero-order chi connectivity index (χ0) is 38.2. The molecular weight excluding hydrogens is 771 g/mol. The van der Waals surface area contributed by atoms with Gasteiger partial charge in [-0.3, -0.25) is 24.1 Å². The quantitative estimate of drug-likeness (QED) is 0.123. The van der Waals surface area contributed by atoms with Crippen molar-refractivity contribution in [2.45, 2.75) is 71.3 Å². The molecule has 0 unspecified atom stereocenters.